The number of ether oxygens (including phenoxy) is 3. The maximum atomic E-state index is 12.1. The van der Waals surface area contributed by atoms with Crippen molar-refractivity contribution in [3.8, 4) is 0 Å². The first-order valence-electron chi connectivity index (χ1n) is 6.31. The highest BCUT2D eigenvalue weighted by Crippen LogP contribution is 2.30. The van der Waals surface area contributed by atoms with Gasteiger partial charge in [0.1, 0.15) is 6.61 Å². The molecule has 0 radical (unpaired) electrons. The number of esters is 3. The van der Waals surface area contributed by atoms with E-state index in [0.29, 0.717) is 0 Å². The quantitative estimate of drug-likeness (QED) is 0.533. The van der Waals surface area contributed by atoms with Crippen molar-refractivity contribution in [3.63, 3.8) is 0 Å². The molecule has 2 bridgehead atoms. The molecule has 3 rings (SSSR count). The summed E-state index contributed by atoms with van der Waals surface area (Å²) >= 11 is 0. The van der Waals surface area contributed by atoms with Gasteiger partial charge in [0.25, 0.3) is 0 Å². The number of cyclic esters (lactones) is 1. The normalized spacial score (nSPS) is 31.8. The maximum Gasteiger partial charge on any atom is 0.342 e. The Hall–Kier alpha value is -2.41. The van der Waals surface area contributed by atoms with Crippen molar-refractivity contribution in [2.45, 2.75) is 24.7 Å². The number of benzene rings is 1. The summed E-state index contributed by atoms with van der Waals surface area (Å²) in [4.78, 5) is 35.6. The summed E-state index contributed by atoms with van der Waals surface area (Å²) in [6, 6.07) is 5.80. The summed E-state index contributed by atoms with van der Waals surface area (Å²) < 4.78 is 15.1. The van der Waals surface area contributed by atoms with E-state index in [2.05, 4.69) is 0 Å². The lowest BCUT2D eigenvalue weighted by molar-refractivity contribution is -0.155. The number of hydrogen-bond acceptors (Lipinski definition) is 7. The number of carbonyl (C=O) groups excluding carboxylic acids is 3. The Kier molecular flexibility index (Phi) is 2.94. The highest BCUT2D eigenvalue weighted by Gasteiger charge is 2.56. The molecule has 2 heterocycles. The Labute approximate surface area is 119 Å². The number of rotatable bonds is 0. The lowest BCUT2D eigenvalue weighted by Crippen LogP contribution is -2.47. The van der Waals surface area contributed by atoms with E-state index in [9.17, 15) is 19.5 Å². The largest absolute Gasteiger partial charge is 0.458 e. The summed E-state index contributed by atoms with van der Waals surface area (Å²) in [7, 11) is 0. The Morgan fingerprint density at radius 3 is 2.52 bits per heavy atom. The summed E-state index contributed by atoms with van der Waals surface area (Å²) in [5, 5.41) is 10.1. The van der Waals surface area contributed by atoms with Crippen LogP contribution in [0.4, 0.5) is 0 Å². The Balaban J connectivity index is 2.01. The molecule has 0 spiro atoms. The molecule has 21 heavy (non-hydrogen) atoms. The van der Waals surface area contributed by atoms with Gasteiger partial charge in [0.15, 0.2) is 17.8 Å². The molecule has 7 nitrogen and oxygen atoms in total. The second-order valence-electron chi connectivity index (χ2n) is 5.10. The van der Waals surface area contributed by atoms with E-state index >= 15 is 0 Å². The van der Waals surface area contributed by atoms with Gasteiger partial charge in [0.05, 0.1) is 11.1 Å². The van der Waals surface area contributed by atoms with Gasteiger partial charge in [-0.3, -0.25) is 0 Å². The van der Waals surface area contributed by atoms with Gasteiger partial charge in [-0.2, -0.15) is 0 Å². The monoisotopic (exact) mass is 292 g/mol. The molecule has 1 fully saturated rings. The SMILES string of the molecule is C[C@@]1(O)C(=O)O[C@@H]2COC(=O)c3cccc(c3)C(=O)O[C@H]21. The van der Waals surface area contributed by atoms with Crippen LogP contribution in [0.2, 0.25) is 0 Å². The molecule has 1 N–H and O–H groups in total. The zero-order valence-corrected chi connectivity index (χ0v) is 11.1. The smallest absolute Gasteiger partial charge is 0.342 e. The van der Waals surface area contributed by atoms with Crippen LogP contribution in [0, 0.1) is 0 Å². The molecule has 1 aromatic carbocycles. The van der Waals surface area contributed by atoms with Crippen molar-refractivity contribution in [1.29, 1.82) is 0 Å². The zero-order valence-electron chi connectivity index (χ0n) is 11.1. The average molecular weight is 292 g/mol. The molecule has 2 aliphatic heterocycles. The lowest BCUT2D eigenvalue weighted by atomic mass is 9.98. The van der Waals surface area contributed by atoms with Crippen molar-refractivity contribution < 1.29 is 33.7 Å². The molecule has 3 atom stereocenters. The molecule has 0 unspecified atom stereocenters. The predicted octanol–water partition coefficient (Wildman–Crippen LogP) is 0.0588. The first-order chi connectivity index (χ1) is 9.89. The molecule has 7 heteroatoms. The van der Waals surface area contributed by atoms with Gasteiger partial charge in [-0.1, -0.05) is 6.07 Å². The van der Waals surface area contributed by atoms with Gasteiger partial charge >= 0.3 is 17.9 Å². The van der Waals surface area contributed by atoms with Gasteiger partial charge in [-0.15, -0.1) is 0 Å². The maximum absolute atomic E-state index is 12.1. The van der Waals surface area contributed by atoms with Gasteiger partial charge in [-0.05, 0) is 25.1 Å². The highest BCUT2D eigenvalue weighted by atomic mass is 16.6. The first kappa shape index (κ1) is 13.6. The fourth-order valence-corrected chi connectivity index (χ4v) is 2.31. The molecular formula is C14H12O7. The highest BCUT2D eigenvalue weighted by molar-refractivity contribution is 5.96. The third-order valence-corrected chi connectivity index (χ3v) is 3.51. The van der Waals surface area contributed by atoms with Crippen LogP contribution >= 0.6 is 0 Å². The average Bonchev–Trinajstić information content (AvgIpc) is 2.67. The minimum absolute atomic E-state index is 0.125. The number of hydrogen-bond donors (Lipinski definition) is 1. The first-order valence-corrected chi connectivity index (χ1v) is 6.31. The number of carbonyl (C=O) groups is 3. The number of fused-ring (bicyclic) bond motifs is 3. The molecule has 2 aliphatic rings. The van der Waals surface area contributed by atoms with E-state index in [1.807, 2.05) is 0 Å². The van der Waals surface area contributed by atoms with Crippen molar-refractivity contribution in [3.05, 3.63) is 35.4 Å². The topological polar surface area (TPSA) is 99.1 Å². The van der Waals surface area contributed by atoms with Crippen molar-refractivity contribution in [2.75, 3.05) is 6.61 Å². The van der Waals surface area contributed by atoms with E-state index in [1.54, 1.807) is 0 Å². The van der Waals surface area contributed by atoms with Gasteiger partial charge < -0.3 is 19.3 Å². The van der Waals surface area contributed by atoms with Crippen LogP contribution in [0.3, 0.4) is 0 Å². The Morgan fingerprint density at radius 1 is 1.14 bits per heavy atom. The van der Waals surface area contributed by atoms with Crippen LogP contribution in [-0.4, -0.2) is 47.4 Å². The zero-order chi connectivity index (χ0) is 15.2. The van der Waals surface area contributed by atoms with E-state index in [0.717, 1.165) is 0 Å². The third-order valence-electron chi connectivity index (χ3n) is 3.51. The van der Waals surface area contributed by atoms with E-state index in [4.69, 9.17) is 14.2 Å². The fraction of sp³-hybridized carbons (Fsp3) is 0.357. The minimum Gasteiger partial charge on any atom is -0.458 e. The van der Waals surface area contributed by atoms with Crippen LogP contribution in [0.5, 0.6) is 0 Å². The standard InChI is InChI=1S/C14H12O7/c1-14(18)10-9(20-13(14)17)6-19-11(15)7-3-2-4-8(5-7)12(16)21-10/h2-5,9-10,18H,6H2,1H3/t9-,10-,14+/m1/s1. The third kappa shape index (κ3) is 2.15. The molecule has 0 saturated carbocycles. The summed E-state index contributed by atoms with van der Waals surface area (Å²) in [6.45, 7) is 0.889. The van der Waals surface area contributed by atoms with Crippen LogP contribution in [0.25, 0.3) is 0 Å². The number of aliphatic hydroxyl groups is 1. The molecule has 1 saturated heterocycles. The molecule has 0 amide bonds. The van der Waals surface area contributed by atoms with Crippen LogP contribution in [0.15, 0.2) is 24.3 Å². The summed E-state index contributed by atoms with van der Waals surface area (Å²) in [5.41, 5.74) is -1.66. The van der Waals surface area contributed by atoms with Crippen molar-refractivity contribution in [1.82, 2.24) is 0 Å². The van der Waals surface area contributed by atoms with Crippen LogP contribution < -0.4 is 0 Å². The van der Waals surface area contributed by atoms with Gasteiger partial charge in [0.2, 0.25) is 0 Å². The lowest BCUT2D eigenvalue weighted by Gasteiger charge is -2.25. The second-order valence-corrected chi connectivity index (χ2v) is 5.10. The molecular weight excluding hydrogens is 280 g/mol. The van der Waals surface area contributed by atoms with E-state index in [-0.39, 0.29) is 17.7 Å². The summed E-state index contributed by atoms with van der Waals surface area (Å²) in [5.74, 6) is -2.32. The molecule has 0 aromatic heterocycles. The minimum atomic E-state index is -1.98. The Bertz CT molecular complexity index is 634. The van der Waals surface area contributed by atoms with Gasteiger partial charge in [-0.25, -0.2) is 14.4 Å². The van der Waals surface area contributed by atoms with E-state index < -0.39 is 35.7 Å². The Morgan fingerprint density at radius 2 is 1.81 bits per heavy atom. The molecule has 110 valence electrons. The van der Waals surface area contributed by atoms with Crippen molar-refractivity contribution in [2.24, 2.45) is 0 Å². The van der Waals surface area contributed by atoms with E-state index in [1.165, 1.54) is 31.2 Å². The van der Waals surface area contributed by atoms with Crippen molar-refractivity contribution >= 4 is 17.9 Å². The van der Waals surface area contributed by atoms with Crippen LogP contribution in [-0.2, 0) is 19.0 Å². The summed E-state index contributed by atoms with van der Waals surface area (Å²) in [6.07, 6.45) is -2.28. The predicted molar refractivity (Wildman–Crippen MR) is 66.4 cm³/mol. The van der Waals surface area contributed by atoms with Gasteiger partial charge in [0, 0.05) is 0 Å². The molecule has 0 aliphatic carbocycles. The van der Waals surface area contributed by atoms with Crippen LogP contribution in [0.1, 0.15) is 27.6 Å². The fourth-order valence-electron chi connectivity index (χ4n) is 2.31. The second kappa shape index (κ2) is 4.56. The molecule has 1 aromatic rings.